The molecular formula is C15H16FN3O2. The summed E-state index contributed by atoms with van der Waals surface area (Å²) in [4.78, 5) is 15.4. The molecule has 21 heavy (non-hydrogen) atoms. The number of aromatic nitrogens is 1. The molecule has 0 spiro atoms. The number of halogens is 1. The van der Waals surface area contributed by atoms with Gasteiger partial charge in [-0.1, -0.05) is 18.2 Å². The SMILES string of the molecule is CC(CNC(=O)Nc1ncccc1F)Oc1ccccc1. The molecule has 1 heterocycles. The van der Waals surface area contributed by atoms with Gasteiger partial charge in [-0.25, -0.2) is 14.2 Å². The van der Waals surface area contributed by atoms with Gasteiger partial charge in [0.05, 0.1) is 6.54 Å². The lowest BCUT2D eigenvalue weighted by Gasteiger charge is -2.15. The Morgan fingerprint density at radius 1 is 1.29 bits per heavy atom. The van der Waals surface area contributed by atoms with Crippen LogP contribution in [0, 0.1) is 5.82 Å². The quantitative estimate of drug-likeness (QED) is 0.889. The summed E-state index contributed by atoms with van der Waals surface area (Å²) in [6, 6.07) is 11.4. The Bertz CT molecular complexity index is 592. The van der Waals surface area contributed by atoms with E-state index in [9.17, 15) is 9.18 Å². The third-order valence-corrected chi connectivity index (χ3v) is 2.62. The first-order valence-electron chi connectivity index (χ1n) is 6.52. The molecule has 2 amide bonds. The van der Waals surface area contributed by atoms with E-state index in [1.807, 2.05) is 37.3 Å². The maximum Gasteiger partial charge on any atom is 0.320 e. The van der Waals surface area contributed by atoms with Gasteiger partial charge in [0.15, 0.2) is 11.6 Å². The number of rotatable bonds is 5. The van der Waals surface area contributed by atoms with Crippen LogP contribution < -0.4 is 15.4 Å². The Morgan fingerprint density at radius 2 is 2.05 bits per heavy atom. The van der Waals surface area contributed by atoms with E-state index >= 15 is 0 Å². The minimum Gasteiger partial charge on any atom is -0.489 e. The molecule has 0 saturated carbocycles. The maximum absolute atomic E-state index is 13.3. The molecule has 1 aromatic heterocycles. The highest BCUT2D eigenvalue weighted by Gasteiger charge is 2.09. The normalized spacial score (nSPS) is 11.5. The number of hydrogen-bond acceptors (Lipinski definition) is 3. The van der Waals surface area contributed by atoms with Gasteiger partial charge in [-0.15, -0.1) is 0 Å². The van der Waals surface area contributed by atoms with E-state index < -0.39 is 11.8 Å². The minimum atomic E-state index is -0.582. The van der Waals surface area contributed by atoms with Crippen molar-refractivity contribution in [1.82, 2.24) is 10.3 Å². The Kier molecular flexibility index (Phi) is 5.09. The van der Waals surface area contributed by atoms with Crippen molar-refractivity contribution < 1.29 is 13.9 Å². The van der Waals surface area contributed by atoms with Crippen molar-refractivity contribution in [2.75, 3.05) is 11.9 Å². The Labute approximate surface area is 122 Å². The van der Waals surface area contributed by atoms with Crippen LogP contribution >= 0.6 is 0 Å². The van der Waals surface area contributed by atoms with Crippen molar-refractivity contribution in [2.45, 2.75) is 13.0 Å². The van der Waals surface area contributed by atoms with Crippen molar-refractivity contribution in [3.63, 3.8) is 0 Å². The zero-order chi connectivity index (χ0) is 15.1. The number of benzene rings is 1. The number of para-hydroxylation sites is 1. The fourth-order valence-electron chi connectivity index (χ4n) is 1.64. The summed E-state index contributed by atoms with van der Waals surface area (Å²) in [5.74, 6) is 0.0378. The summed E-state index contributed by atoms with van der Waals surface area (Å²) in [5.41, 5.74) is 0. The van der Waals surface area contributed by atoms with E-state index in [4.69, 9.17) is 4.74 Å². The van der Waals surface area contributed by atoms with Crippen LogP contribution in [-0.2, 0) is 0 Å². The molecule has 0 aliphatic heterocycles. The smallest absolute Gasteiger partial charge is 0.320 e. The number of pyridine rings is 1. The number of hydrogen-bond donors (Lipinski definition) is 2. The van der Waals surface area contributed by atoms with Gasteiger partial charge in [-0.3, -0.25) is 5.32 Å². The molecule has 5 nitrogen and oxygen atoms in total. The van der Waals surface area contributed by atoms with Crippen LogP contribution in [0.2, 0.25) is 0 Å². The fourth-order valence-corrected chi connectivity index (χ4v) is 1.64. The molecule has 1 unspecified atom stereocenters. The highest BCUT2D eigenvalue weighted by Crippen LogP contribution is 2.10. The molecule has 1 atom stereocenters. The summed E-state index contributed by atoms with van der Waals surface area (Å²) in [7, 11) is 0. The molecular weight excluding hydrogens is 273 g/mol. The van der Waals surface area contributed by atoms with E-state index in [2.05, 4.69) is 15.6 Å². The lowest BCUT2D eigenvalue weighted by Crippen LogP contribution is -2.36. The van der Waals surface area contributed by atoms with Crippen LogP contribution in [0.1, 0.15) is 6.92 Å². The molecule has 2 aromatic rings. The number of ether oxygens (including phenoxy) is 1. The fraction of sp³-hybridized carbons (Fsp3) is 0.200. The summed E-state index contributed by atoms with van der Waals surface area (Å²) in [6.45, 7) is 2.11. The molecule has 0 fully saturated rings. The van der Waals surface area contributed by atoms with Gasteiger partial charge in [0.25, 0.3) is 0 Å². The maximum atomic E-state index is 13.3. The number of urea groups is 1. The van der Waals surface area contributed by atoms with Crippen LogP contribution in [0.4, 0.5) is 15.0 Å². The standard InChI is InChI=1S/C15H16FN3O2/c1-11(21-12-6-3-2-4-7-12)10-18-15(20)19-14-13(16)8-5-9-17-14/h2-9,11H,10H2,1H3,(H2,17,18,19,20). The predicted molar refractivity (Wildman–Crippen MR) is 77.7 cm³/mol. The largest absolute Gasteiger partial charge is 0.489 e. The summed E-state index contributed by atoms with van der Waals surface area (Å²) in [6.07, 6.45) is 1.19. The van der Waals surface area contributed by atoms with Gasteiger partial charge in [0.2, 0.25) is 0 Å². The lowest BCUT2D eigenvalue weighted by atomic mass is 10.3. The Balaban J connectivity index is 1.77. The van der Waals surface area contributed by atoms with Gasteiger partial charge in [0.1, 0.15) is 11.9 Å². The summed E-state index contributed by atoms with van der Waals surface area (Å²) >= 11 is 0. The van der Waals surface area contributed by atoms with Gasteiger partial charge in [-0.05, 0) is 31.2 Å². The summed E-state index contributed by atoms with van der Waals surface area (Å²) in [5, 5.41) is 4.93. The van der Waals surface area contributed by atoms with Gasteiger partial charge < -0.3 is 10.1 Å². The molecule has 2 rings (SSSR count). The average Bonchev–Trinajstić information content (AvgIpc) is 2.49. The zero-order valence-electron chi connectivity index (χ0n) is 11.5. The van der Waals surface area contributed by atoms with Crippen LogP contribution in [0.5, 0.6) is 5.75 Å². The van der Waals surface area contributed by atoms with Crippen LogP contribution in [0.15, 0.2) is 48.7 Å². The van der Waals surface area contributed by atoms with Gasteiger partial charge >= 0.3 is 6.03 Å². The molecule has 0 saturated heterocycles. The number of carbonyl (C=O) groups excluding carboxylic acids is 1. The number of nitrogens with one attached hydrogen (secondary N) is 2. The van der Waals surface area contributed by atoms with E-state index in [-0.39, 0.29) is 18.5 Å². The molecule has 0 aliphatic rings. The third kappa shape index (κ3) is 4.76. The van der Waals surface area contributed by atoms with Gasteiger partial charge in [-0.2, -0.15) is 0 Å². The highest BCUT2D eigenvalue weighted by atomic mass is 19.1. The number of nitrogens with zero attached hydrogens (tertiary/aromatic N) is 1. The first kappa shape index (κ1) is 14.8. The number of carbonyl (C=O) groups is 1. The van der Waals surface area contributed by atoms with Crippen molar-refractivity contribution >= 4 is 11.8 Å². The Hall–Kier alpha value is -2.63. The second-order valence-corrected chi connectivity index (χ2v) is 4.41. The average molecular weight is 289 g/mol. The van der Waals surface area contributed by atoms with Crippen molar-refractivity contribution in [3.8, 4) is 5.75 Å². The zero-order valence-corrected chi connectivity index (χ0v) is 11.5. The molecule has 0 bridgehead atoms. The molecule has 110 valence electrons. The Morgan fingerprint density at radius 3 is 2.76 bits per heavy atom. The molecule has 1 aromatic carbocycles. The van der Waals surface area contributed by atoms with Gasteiger partial charge in [0, 0.05) is 6.20 Å². The van der Waals surface area contributed by atoms with E-state index in [1.54, 1.807) is 0 Å². The topological polar surface area (TPSA) is 63.2 Å². The van der Waals surface area contributed by atoms with Crippen LogP contribution in [-0.4, -0.2) is 23.7 Å². The van der Waals surface area contributed by atoms with Crippen LogP contribution in [0.3, 0.4) is 0 Å². The van der Waals surface area contributed by atoms with E-state index in [0.717, 1.165) is 5.75 Å². The van der Waals surface area contributed by atoms with Crippen molar-refractivity contribution in [2.24, 2.45) is 0 Å². The summed E-state index contributed by atoms with van der Waals surface area (Å²) < 4.78 is 18.9. The first-order chi connectivity index (χ1) is 10.1. The van der Waals surface area contributed by atoms with Crippen molar-refractivity contribution in [1.29, 1.82) is 0 Å². The predicted octanol–water partition coefficient (Wildman–Crippen LogP) is 2.81. The second kappa shape index (κ2) is 7.23. The third-order valence-electron chi connectivity index (χ3n) is 2.62. The number of amides is 2. The second-order valence-electron chi connectivity index (χ2n) is 4.41. The molecule has 2 N–H and O–H groups in total. The number of anilines is 1. The highest BCUT2D eigenvalue weighted by molar-refractivity contribution is 5.88. The lowest BCUT2D eigenvalue weighted by molar-refractivity contribution is 0.212. The van der Waals surface area contributed by atoms with E-state index in [1.165, 1.54) is 18.3 Å². The van der Waals surface area contributed by atoms with E-state index in [0.29, 0.717) is 0 Å². The monoisotopic (exact) mass is 289 g/mol. The molecule has 6 heteroatoms. The first-order valence-corrected chi connectivity index (χ1v) is 6.52. The van der Waals surface area contributed by atoms with Crippen LogP contribution in [0.25, 0.3) is 0 Å². The van der Waals surface area contributed by atoms with Crippen molar-refractivity contribution in [3.05, 3.63) is 54.5 Å². The minimum absolute atomic E-state index is 0.105. The molecule has 0 radical (unpaired) electrons. The molecule has 0 aliphatic carbocycles.